The minimum atomic E-state index is 0.982. The number of benzene rings is 1. The maximum atomic E-state index is 4.49. The lowest BCUT2D eigenvalue weighted by Crippen LogP contribution is -1.79. The van der Waals surface area contributed by atoms with Crippen molar-refractivity contribution in [3.63, 3.8) is 0 Å². The molecule has 15 heavy (non-hydrogen) atoms. The van der Waals surface area contributed by atoms with E-state index in [9.17, 15) is 0 Å². The summed E-state index contributed by atoms with van der Waals surface area (Å²) in [6, 6.07) is 10.6. The second kappa shape index (κ2) is 2.83. The van der Waals surface area contributed by atoms with Crippen LogP contribution in [0.15, 0.2) is 30.3 Å². The zero-order chi connectivity index (χ0) is 10.4. The van der Waals surface area contributed by atoms with Gasteiger partial charge in [-0.05, 0) is 37.6 Å². The zero-order valence-corrected chi connectivity index (χ0v) is 8.83. The summed E-state index contributed by atoms with van der Waals surface area (Å²) in [4.78, 5) is 7.84. The van der Waals surface area contributed by atoms with Crippen molar-refractivity contribution < 1.29 is 0 Å². The van der Waals surface area contributed by atoms with Crippen molar-refractivity contribution >= 4 is 21.9 Å². The number of hydrogen-bond donors (Lipinski definition) is 1. The van der Waals surface area contributed by atoms with Crippen molar-refractivity contribution in [1.29, 1.82) is 0 Å². The van der Waals surface area contributed by atoms with Crippen LogP contribution in [0, 0.1) is 13.8 Å². The SMILES string of the molecule is Cc1ccc2c(c1)[nH]c1nc(C)ccc12. The highest BCUT2D eigenvalue weighted by atomic mass is 14.9. The first kappa shape index (κ1) is 8.48. The number of aromatic amines is 1. The predicted molar refractivity (Wildman–Crippen MR) is 63.1 cm³/mol. The molecule has 0 aliphatic carbocycles. The second-order valence-electron chi connectivity index (χ2n) is 4.02. The van der Waals surface area contributed by atoms with Crippen LogP contribution < -0.4 is 0 Å². The van der Waals surface area contributed by atoms with Crippen LogP contribution in [-0.2, 0) is 0 Å². The van der Waals surface area contributed by atoms with Gasteiger partial charge in [0.25, 0.3) is 0 Å². The fourth-order valence-electron chi connectivity index (χ4n) is 1.99. The molecule has 0 aliphatic heterocycles. The molecule has 2 heteroatoms. The third-order valence-electron chi connectivity index (χ3n) is 2.75. The minimum Gasteiger partial charge on any atom is -0.339 e. The Balaban J connectivity index is 2.51. The summed E-state index contributed by atoms with van der Waals surface area (Å²) in [5.74, 6) is 0. The molecule has 74 valence electrons. The fourth-order valence-corrected chi connectivity index (χ4v) is 1.99. The van der Waals surface area contributed by atoms with E-state index in [2.05, 4.69) is 47.2 Å². The second-order valence-corrected chi connectivity index (χ2v) is 4.02. The van der Waals surface area contributed by atoms with E-state index in [1.165, 1.54) is 21.9 Å². The third-order valence-corrected chi connectivity index (χ3v) is 2.75. The predicted octanol–water partition coefficient (Wildman–Crippen LogP) is 3.33. The lowest BCUT2D eigenvalue weighted by molar-refractivity contribution is 1.23. The molecule has 0 unspecified atom stereocenters. The number of nitrogens with zero attached hydrogens (tertiary/aromatic N) is 1. The van der Waals surface area contributed by atoms with Crippen LogP contribution in [0.3, 0.4) is 0 Å². The molecule has 3 aromatic rings. The summed E-state index contributed by atoms with van der Waals surface area (Å²) in [5.41, 5.74) is 4.47. The molecule has 1 aromatic carbocycles. The normalized spacial score (nSPS) is 11.3. The molecule has 2 aromatic heterocycles. The quantitative estimate of drug-likeness (QED) is 0.587. The molecule has 0 fully saturated rings. The van der Waals surface area contributed by atoms with Crippen LogP contribution in [0.2, 0.25) is 0 Å². The monoisotopic (exact) mass is 196 g/mol. The number of fused-ring (bicyclic) bond motifs is 3. The van der Waals surface area contributed by atoms with Gasteiger partial charge in [-0.1, -0.05) is 12.1 Å². The van der Waals surface area contributed by atoms with Gasteiger partial charge in [-0.3, -0.25) is 0 Å². The van der Waals surface area contributed by atoms with Gasteiger partial charge in [-0.15, -0.1) is 0 Å². The molecule has 0 saturated carbocycles. The van der Waals surface area contributed by atoms with E-state index in [1.54, 1.807) is 0 Å². The smallest absolute Gasteiger partial charge is 0.138 e. The van der Waals surface area contributed by atoms with Crippen molar-refractivity contribution in [2.45, 2.75) is 13.8 Å². The zero-order valence-electron chi connectivity index (χ0n) is 8.83. The maximum absolute atomic E-state index is 4.49. The molecule has 3 rings (SSSR count). The lowest BCUT2D eigenvalue weighted by Gasteiger charge is -1.93. The average Bonchev–Trinajstić information content (AvgIpc) is 2.53. The van der Waals surface area contributed by atoms with Gasteiger partial charge < -0.3 is 4.98 Å². The molecule has 1 N–H and O–H groups in total. The van der Waals surface area contributed by atoms with Crippen molar-refractivity contribution in [1.82, 2.24) is 9.97 Å². The summed E-state index contributed by atoms with van der Waals surface area (Å²) in [7, 11) is 0. The molecule has 0 radical (unpaired) electrons. The van der Waals surface area contributed by atoms with Crippen LogP contribution in [0.4, 0.5) is 0 Å². The number of rotatable bonds is 0. The van der Waals surface area contributed by atoms with E-state index in [0.29, 0.717) is 0 Å². The number of hydrogen-bond acceptors (Lipinski definition) is 1. The minimum absolute atomic E-state index is 0.982. The molecule has 0 bridgehead atoms. The Kier molecular flexibility index (Phi) is 1.60. The number of nitrogens with one attached hydrogen (secondary N) is 1. The van der Waals surface area contributed by atoms with Gasteiger partial charge in [0.2, 0.25) is 0 Å². The Morgan fingerprint density at radius 2 is 1.80 bits per heavy atom. The van der Waals surface area contributed by atoms with Crippen LogP contribution in [0.5, 0.6) is 0 Å². The highest BCUT2D eigenvalue weighted by molar-refractivity contribution is 6.05. The van der Waals surface area contributed by atoms with E-state index in [1.807, 2.05) is 6.92 Å². The van der Waals surface area contributed by atoms with E-state index in [-0.39, 0.29) is 0 Å². The highest BCUT2D eigenvalue weighted by Crippen LogP contribution is 2.24. The lowest BCUT2D eigenvalue weighted by atomic mass is 10.1. The van der Waals surface area contributed by atoms with Gasteiger partial charge >= 0.3 is 0 Å². The first-order chi connectivity index (χ1) is 7.24. The first-order valence-electron chi connectivity index (χ1n) is 5.10. The van der Waals surface area contributed by atoms with Crippen LogP contribution in [0.25, 0.3) is 21.9 Å². The molecule has 0 spiro atoms. The highest BCUT2D eigenvalue weighted by Gasteiger charge is 2.04. The Hall–Kier alpha value is -1.83. The standard InChI is InChI=1S/C13H12N2/c1-8-3-5-10-11-6-4-9(2)14-13(11)15-12(10)7-8/h3-7H,1-2H3,(H,14,15). The summed E-state index contributed by atoms with van der Waals surface area (Å²) in [6.45, 7) is 4.11. The maximum Gasteiger partial charge on any atom is 0.138 e. The van der Waals surface area contributed by atoms with Gasteiger partial charge in [-0.2, -0.15) is 0 Å². The molecule has 0 amide bonds. The van der Waals surface area contributed by atoms with Crippen molar-refractivity contribution in [2.24, 2.45) is 0 Å². The third kappa shape index (κ3) is 1.22. The summed E-state index contributed by atoms with van der Waals surface area (Å²) in [5, 5.41) is 2.46. The Morgan fingerprint density at radius 3 is 2.67 bits per heavy atom. The number of aromatic nitrogens is 2. The van der Waals surface area contributed by atoms with Crippen LogP contribution in [0.1, 0.15) is 11.3 Å². The summed E-state index contributed by atoms with van der Waals surface area (Å²) in [6.07, 6.45) is 0. The fraction of sp³-hybridized carbons (Fsp3) is 0.154. The van der Waals surface area contributed by atoms with Crippen molar-refractivity contribution in [3.05, 3.63) is 41.6 Å². The Morgan fingerprint density at radius 1 is 1.00 bits per heavy atom. The van der Waals surface area contributed by atoms with Gasteiger partial charge in [0.05, 0.1) is 0 Å². The van der Waals surface area contributed by atoms with Crippen LogP contribution in [-0.4, -0.2) is 9.97 Å². The van der Waals surface area contributed by atoms with E-state index in [0.717, 1.165) is 11.3 Å². The van der Waals surface area contributed by atoms with E-state index < -0.39 is 0 Å². The summed E-state index contributed by atoms with van der Waals surface area (Å²) < 4.78 is 0. The Bertz CT molecular complexity index is 594. The van der Waals surface area contributed by atoms with Gasteiger partial charge in [0.1, 0.15) is 5.65 Å². The average molecular weight is 196 g/mol. The van der Waals surface area contributed by atoms with E-state index in [4.69, 9.17) is 0 Å². The number of pyridine rings is 1. The van der Waals surface area contributed by atoms with Crippen molar-refractivity contribution in [2.75, 3.05) is 0 Å². The van der Waals surface area contributed by atoms with E-state index >= 15 is 0 Å². The molecule has 0 atom stereocenters. The Labute approximate surface area is 88.0 Å². The topological polar surface area (TPSA) is 28.7 Å². The number of H-pyrrole nitrogens is 1. The first-order valence-corrected chi connectivity index (χ1v) is 5.10. The summed E-state index contributed by atoms with van der Waals surface area (Å²) >= 11 is 0. The van der Waals surface area contributed by atoms with Gasteiger partial charge in [0.15, 0.2) is 0 Å². The molecule has 0 aliphatic rings. The molecule has 0 saturated heterocycles. The molecule has 2 heterocycles. The largest absolute Gasteiger partial charge is 0.339 e. The number of aryl methyl sites for hydroxylation is 2. The van der Waals surface area contributed by atoms with Gasteiger partial charge in [-0.25, -0.2) is 4.98 Å². The molecular weight excluding hydrogens is 184 g/mol. The van der Waals surface area contributed by atoms with Crippen molar-refractivity contribution in [3.8, 4) is 0 Å². The molecular formula is C13H12N2. The molecule has 2 nitrogen and oxygen atoms in total. The van der Waals surface area contributed by atoms with Gasteiger partial charge in [0, 0.05) is 22.0 Å². The van der Waals surface area contributed by atoms with Crippen LogP contribution >= 0.6 is 0 Å².